The molecule has 2 aromatic heterocycles. The number of thiophene rings is 1. The maximum Gasteiger partial charge on any atom is 0.228 e. The summed E-state index contributed by atoms with van der Waals surface area (Å²) in [6.45, 7) is 4.10. The predicted molar refractivity (Wildman–Crippen MR) is 169 cm³/mol. The number of piperazine rings is 1. The molecule has 2 aromatic carbocycles. The summed E-state index contributed by atoms with van der Waals surface area (Å²) in [5, 5.41) is 15.7. The molecule has 2 bridgehead atoms. The number of ether oxygens (including phenoxy) is 1. The zero-order valence-corrected chi connectivity index (χ0v) is 25.7. The van der Waals surface area contributed by atoms with Gasteiger partial charge in [-0.05, 0) is 56.6 Å². The van der Waals surface area contributed by atoms with Gasteiger partial charge in [-0.15, -0.1) is 11.3 Å². The van der Waals surface area contributed by atoms with E-state index in [4.69, 9.17) is 32.0 Å². The molecule has 0 aliphatic carbocycles. The van der Waals surface area contributed by atoms with E-state index in [2.05, 4.69) is 40.2 Å². The van der Waals surface area contributed by atoms with E-state index in [1.54, 1.807) is 6.07 Å². The third kappa shape index (κ3) is 4.04. The molecule has 4 aliphatic rings. The molecular formula is C31H32ClFN8OS. The van der Waals surface area contributed by atoms with Crippen molar-refractivity contribution in [3.63, 3.8) is 0 Å². The number of nitriles is 1. The van der Waals surface area contributed by atoms with E-state index in [0.29, 0.717) is 57.2 Å². The molecule has 43 heavy (non-hydrogen) atoms. The van der Waals surface area contributed by atoms with E-state index in [1.807, 2.05) is 0 Å². The molecule has 4 aromatic rings. The van der Waals surface area contributed by atoms with Crippen LogP contribution in [0.2, 0.25) is 5.02 Å². The molecule has 222 valence electrons. The average molecular weight is 619 g/mol. The highest BCUT2D eigenvalue weighted by Gasteiger charge is 2.41. The second kappa shape index (κ2) is 10.1. The first-order valence-electron chi connectivity index (χ1n) is 14.8. The zero-order chi connectivity index (χ0) is 29.6. The van der Waals surface area contributed by atoms with Gasteiger partial charge < -0.3 is 30.5 Å². The summed E-state index contributed by atoms with van der Waals surface area (Å²) in [5.41, 5.74) is 9.69. The molecule has 2 unspecified atom stereocenters. The Bertz CT molecular complexity index is 1840. The van der Waals surface area contributed by atoms with Gasteiger partial charge in [-0.3, -0.25) is 0 Å². The fourth-order valence-electron chi connectivity index (χ4n) is 7.60. The SMILES string of the molecule is CN(C)[C@H]1CCN(c2nc(N3C4CCC3CNC4)c3c4c(c(-c5c(F)ccc6sc(N)c(C#N)c56)c(Cl)c3n2)COC4)C1. The molecule has 3 fully saturated rings. The topological polar surface area (TPSA) is 107 Å². The second-order valence-electron chi connectivity index (χ2n) is 12.3. The number of hydrogen-bond acceptors (Lipinski definition) is 10. The van der Waals surface area contributed by atoms with Gasteiger partial charge in [-0.2, -0.15) is 10.2 Å². The Morgan fingerprint density at radius 2 is 1.88 bits per heavy atom. The Balaban J connectivity index is 1.44. The van der Waals surface area contributed by atoms with Crippen LogP contribution >= 0.6 is 22.9 Å². The maximum absolute atomic E-state index is 16.0. The summed E-state index contributed by atoms with van der Waals surface area (Å²) in [5.74, 6) is 1.08. The summed E-state index contributed by atoms with van der Waals surface area (Å²) >= 11 is 8.69. The lowest BCUT2D eigenvalue weighted by Gasteiger charge is -2.37. The minimum absolute atomic E-state index is 0.270. The van der Waals surface area contributed by atoms with Crippen molar-refractivity contribution in [1.29, 1.82) is 5.26 Å². The van der Waals surface area contributed by atoms with Crippen molar-refractivity contribution in [2.45, 2.75) is 50.6 Å². The van der Waals surface area contributed by atoms with Crippen LogP contribution in [-0.2, 0) is 18.0 Å². The van der Waals surface area contributed by atoms with E-state index in [9.17, 15) is 5.26 Å². The van der Waals surface area contributed by atoms with E-state index in [-0.39, 0.29) is 17.7 Å². The largest absolute Gasteiger partial charge is 0.389 e. The zero-order valence-electron chi connectivity index (χ0n) is 24.1. The number of anilines is 3. The molecule has 12 heteroatoms. The van der Waals surface area contributed by atoms with Crippen LogP contribution in [0.25, 0.3) is 32.1 Å². The van der Waals surface area contributed by atoms with Gasteiger partial charge >= 0.3 is 0 Å². The van der Waals surface area contributed by atoms with E-state index in [1.165, 1.54) is 17.4 Å². The van der Waals surface area contributed by atoms with Crippen LogP contribution in [-0.4, -0.2) is 73.3 Å². The number of likely N-dealkylation sites (N-methyl/N-ethyl adjacent to an activating group) is 1. The van der Waals surface area contributed by atoms with Gasteiger partial charge in [-0.1, -0.05) is 11.6 Å². The quantitative estimate of drug-likeness (QED) is 0.331. The van der Waals surface area contributed by atoms with Crippen LogP contribution in [0.3, 0.4) is 0 Å². The molecule has 0 radical (unpaired) electrons. The number of nitrogens with zero attached hydrogens (tertiary/aromatic N) is 6. The van der Waals surface area contributed by atoms with E-state index < -0.39 is 5.82 Å². The molecule has 3 N–H and O–H groups in total. The van der Waals surface area contributed by atoms with Crippen molar-refractivity contribution in [2.75, 3.05) is 55.8 Å². The van der Waals surface area contributed by atoms with Crippen LogP contribution in [0.5, 0.6) is 0 Å². The minimum atomic E-state index is -0.458. The first kappa shape index (κ1) is 27.3. The number of aromatic nitrogens is 2. The summed E-state index contributed by atoms with van der Waals surface area (Å²) < 4.78 is 22.8. The highest BCUT2D eigenvalue weighted by Crippen LogP contribution is 2.51. The van der Waals surface area contributed by atoms with Crippen molar-refractivity contribution >= 4 is 60.7 Å². The maximum atomic E-state index is 16.0. The summed E-state index contributed by atoms with van der Waals surface area (Å²) in [4.78, 5) is 17.4. The van der Waals surface area contributed by atoms with Crippen molar-refractivity contribution in [1.82, 2.24) is 20.2 Å². The van der Waals surface area contributed by atoms with Gasteiger partial charge in [0.2, 0.25) is 5.95 Å². The smallest absolute Gasteiger partial charge is 0.228 e. The Morgan fingerprint density at radius 3 is 2.60 bits per heavy atom. The Labute approximate surface area is 258 Å². The highest BCUT2D eigenvalue weighted by atomic mass is 35.5. The number of fused-ring (bicyclic) bond motifs is 6. The van der Waals surface area contributed by atoms with Crippen molar-refractivity contribution in [3.05, 3.63) is 39.7 Å². The lowest BCUT2D eigenvalue weighted by molar-refractivity contribution is 0.135. The molecular weight excluding hydrogens is 587 g/mol. The predicted octanol–water partition coefficient (Wildman–Crippen LogP) is 4.87. The Morgan fingerprint density at radius 1 is 1.12 bits per heavy atom. The monoisotopic (exact) mass is 618 g/mol. The van der Waals surface area contributed by atoms with Crippen LogP contribution in [0, 0.1) is 17.1 Å². The van der Waals surface area contributed by atoms with Crippen molar-refractivity contribution in [2.24, 2.45) is 0 Å². The summed E-state index contributed by atoms with van der Waals surface area (Å²) in [7, 11) is 4.21. The fraction of sp³-hybridized carbons (Fsp3) is 0.452. The van der Waals surface area contributed by atoms with Crippen LogP contribution < -0.4 is 20.9 Å². The van der Waals surface area contributed by atoms with Gasteiger partial charge in [0.05, 0.1) is 34.7 Å². The average Bonchev–Trinajstić information content (AvgIpc) is 3.78. The molecule has 4 aliphatic heterocycles. The third-order valence-electron chi connectivity index (χ3n) is 9.76. The van der Waals surface area contributed by atoms with Gasteiger partial charge in [0, 0.05) is 65.5 Å². The number of nitrogens with two attached hydrogens (primary N) is 1. The first-order chi connectivity index (χ1) is 20.9. The molecule has 0 amide bonds. The Kier molecular flexibility index (Phi) is 6.44. The van der Waals surface area contributed by atoms with E-state index in [0.717, 1.165) is 72.5 Å². The number of hydrogen-bond donors (Lipinski definition) is 2. The summed E-state index contributed by atoms with van der Waals surface area (Å²) in [6.07, 6.45) is 3.21. The molecule has 3 atom stereocenters. The lowest BCUT2D eigenvalue weighted by atomic mass is 9.90. The van der Waals surface area contributed by atoms with Gasteiger partial charge in [-0.25, -0.2) is 9.37 Å². The fourth-order valence-corrected chi connectivity index (χ4v) is 8.87. The highest BCUT2D eigenvalue weighted by molar-refractivity contribution is 7.23. The standard InChI is InChI=1S/C31H32ClFN8OS/c1-39(2)17-7-8-40(12-17)31-37-28-25(30(38-31)41-15-3-4-16(41)11-36-10-15)20-14-42-13-19(20)24(27(28)32)26-21(33)5-6-22-23(26)18(9-34)29(35)43-22/h5-6,15-17,36H,3-4,7-8,10-14,35H2,1-2H3/t15?,16?,17-/m0/s1. The molecule has 0 saturated carbocycles. The number of rotatable bonds is 4. The van der Waals surface area contributed by atoms with E-state index >= 15 is 4.39 Å². The molecule has 0 spiro atoms. The first-order valence-corrected chi connectivity index (χ1v) is 16.0. The number of halogens is 2. The normalized spacial score (nSPS) is 23.2. The number of nitrogen functional groups attached to an aromatic ring is 1. The molecule has 3 saturated heterocycles. The van der Waals surface area contributed by atoms with Gasteiger partial charge in [0.1, 0.15) is 22.7 Å². The van der Waals surface area contributed by atoms with Gasteiger partial charge in [0.15, 0.2) is 0 Å². The van der Waals surface area contributed by atoms with Crippen LogP contribution in [0.15, 0.2) is 12.1 Å². The Hall–Kier alpha value is -3.27. The van der Waals surface area contributed by atoms with Crippen LogP contribution in [0.4, 0.5) is 21.2 Å². The molecule has 6 heterocycles. The third-order valence-corrected chi connectivity index (χ3v) is 11.1. The van der Waals surface area contributed by atoms with Gasteiger partial charge in [0.25, 0.3) is 0 Å². The molecule has 8 rings (SSSR count). The van der Waals surface area contributed by atoms with Crippen LogP contribution in [0.1, 0.15) is 36.0 Å². The van der Waals surface area contributed by atoms with Crippen molar-refractivity contribution < 1.29 is 9.13 Å². The summed E-state index contributed by atoms with van der Waals surface area (Å²) in [6, 6.07) is 6.36. The van der Waals surface area contributed by atoms with Crippen molar-refractivity contribution in [3.8, 4) is 17.2 Å². The molecule has 9 nitrogen and oxygen atoms in total. The second-order valence-corrected chi connectivity index (χ2v) is 13.7. The number of nitrogens with one attached hydrogen (secondary N) is 1. The number of benzene rings is 2. The minimum Gasteiger partial charge on any atom is -0.389 e. The lowest BCUT2D eigenvalue weighted by Crippen LogP contribution is -2.52.